The molecular weight excluding hydrogens is 154 g/mol. The minimum absolute atomic E-state index is 0.341. The molecule has 1 fully saturated rings. The molecule has 0 aromatic rings. The van der Waals surface area contributed by atoms with Crippen molar-refractivity contribution >= 4 is 11.8 Å². The molecule has 1 rings (SSSR count). The molecule has 0 aromatic carbocycles. The summed E-state index contributed by atoms with van der Waals surface area (Å²) in [6.45, 7) is 9.19. The number of hydrogen-bond donors (Lipinski definition) is 1. The van der Waals surface area contributed by atoms with Crippen LogP contribution in [0.1, 0.15) is 34.1 Å². The summed E-state index contributed by atoms with van der Waals surface area (Å²) in [5.74, 6) is 2.04. The second kappa shape index (κ2) is 3.36. The predicted molar refractivity (Wildman–Crippen MR) is 52.9 cm³/mol. The van der Waals surface area contributed by atoms with Crippen molar-refractivity contribution in [3.05, 3.63) is 0 Å². The van der Waals surface area contributed by atoms with Crippen molar-refractivity contribution in [2.24, 2.45) is 5.92 Å². The van der Waals surface area contributed by atoms with E-state index >= 15 is 0 Å². The number of hydrogen-bond acceptors (Lipinski definition) is 2. The van der Waals surface area contributed by atoms with Crippen molar-refractivity contribution in [2.75, 3.05) is 5.75 Å². The Bertz CT molecular complexity index is 138. The van der Waals surface area contributed by atoms with Gasteiger partial charge in [0, 0.05) is 11.8 Å². The second-order valence-corrected chi connectivity index (χ2v) is 5.24. The molecule has 0 spiro atoms. The molecule has 3 unspecified atom stereocenters. The maximum Gasteiger partial charge on any atom is 0.0645 e. The van der Waals surface area contributed by atoms with Crippen LogP contribution >= 0.6 is 11.8 Å². The molecule has 66 valence electrons. The Morgan fingerprint density at radius 1 is 1.73 bits per heavy atom. The normalized spacial score (nSPS) is 40.9. The van der Waals surface area contributed by atoms with Crippen molar-refractivity contribution in [1.29, 1.82) is 0 Å². The van der Waals surface area contributed by atoms with Gasteiger partial charge in [-0.3, -0.25) is 5.32 Å². The lowest BCUT2D eigenvalue weighted by Crippen LogP contribution is -2.42. The molecule has 3 atom stereocenters. The quantitative estimate of drug-likeness (QED) is 0.688. The van der Waals surface area contributed by atoms with Crippen LogP contribution in [0.15, 0.2) is 0 Å². The smallest absolute Gasteiger partial charge is 0.0645 e. The van der Waals surface area contributed by atoms with Gasteiger partial charge in [-0.05, 0) is 19.8 Å². The SMILES string of the molecule is CCC(C)C1(C)NC(C)CS1. The fourth-order valence-corrected chi connectivity index (χ4v) is 2.96. The van der Waals surface area contributed by atoms with E-state index in [0.29, 0.717) is 10.9 Å². The van der Waals surface area contributed by atoms with Gasteiger partial charge in [0.1, 0.15) is 0 Å². The summed E-state index contributed by atoms with van der Waals surface area (Å²) in [6, 6.07) is 0.694. The lowest BCUT2D eigenvalue weighted by atomic mass is 10.00. The topological polar surface area (TPSA) is 12.0 Å². The van der Waals surface area contributed by atoms with E-state index in [1.165, 1.54) is 12.2 Å². The van der Waals surface area contributed by atoms with E-state index in [0.717, 1.165) is 5.92 Å². The van der Waals surface area contributed by atoms with E-state index < -0.39 is 0 Å². The Kier molecular flexibility index (Phi) is 2.87. The number of rotatable bonds is 2. The van der Waals surface area contributed by atoms with Gasteiger partial charge >= 0.3 is 0 Å². The fraction of sp³-hybridized carbons (Fsp3) is 1.00. The average molecular weight is 173 g/mol. The first-order valence-electron chi connectivity index (χ1n) is 4.50. The van der Waals surface area contributed by atoms with E-state index in [-0.39, 0.29) is 0 Å². The van der Waals surface area contributed by atoms with Gasteiger partial charge in [-0.25, -0.2) is 0 Å². The van der Waals surface area contributed by atoms with Crippen molar-refractivity contribution in [3.63, 3.8) is 0 Å². The van der Waals surface area contributed by atoms with Crippen molar-refractivity contribution < 1.29 is 0 Å². The van der Waals surface area contributed by atoms with Gasteiger partial charge in [-0.1, -0.05) is 20.3 Å². The Morgan fingerprint density at radius 2 is 2.36 bits per heavy atom. The van der Waals surface area contributed by atoms with Gasteiger partial charge in [0.05, 0.1) is 4.87 Å². The largest absolute Gasteiger partial charge is 0.299 e. The predicted octanol–water partition coefficient (Wildman–Crippen LogP) is 2.47. The molecule has 1 N–H and O–H groups in total. The molecular formula is C9H19NS. The summed E-state index contributed by atoms with van der Waals surface area (Å²) in [7, 11) is 0. The maximum absolute atomic E-state index is 3.64. The lowest BCUT2D eigenvalue weighted by Gasteiger charge is -2.30. The molecule has 0 aromatic heterocycles. The number of nitrogens with one attached hydrogen (secondary N) is 1. The van der Waals surface area contributed by atoms with E-state index in [2.05, 4.69) is 44.8 Å². The molecule has 2 heteroatoms. The van der Waals surface area contributed by atoms with Gasteiger partial charge in [0.25, 0.3) is 0 Å². The van der Waals surface area contributed by atoms with Crippen LogP contribution in [0, 0.1) is 5.92 Å². The molecule has 0 bridgehead atoms. The summed E-state index contributed by atoms with van der Waals surface area (Å²) in [5, 5.41) is 3.64. The first kappa shape index (κ1) is 9.40. The summed E-state index contributed by atoms with van der Waals surface area (Å²) >= 11 is 2.07. The molecule has 1 aliphatic heterocycles. The average Bonchev–Trinajstić information content (AvgIpc) is 2.31. The first-order chi connectivity index (χ1) is 5.08. The zero-order valence-electron chi connectivity index (χ0n) is 7.98. The van der Waals surface area contributed by atoms with Crippen LogP contribution in [0.25, 0.3) is 0 Å². The van der Waals surface area contributed by atoms with E-state index in [4.69, 9.17) is 0 Å². The molecule has 1 aliphatic rings. The minimum atomic E-state index is 0.341. The molecule has 1 saturated heterocycles. The van der Waals surface area contributed by atoms with Crippen molar-refractivity contribution in [1.82, 2.24) is 5.32 Å². The molecule has 0 saturated carbocycles. The van der Waals surface area contributed by atoms with E-state index in [1.807, 2.05) is 0 Å². The van der Waals surface area contributed by atoms with Crippen molar-refractivity contribution in [2.45, 2.75) is 45.0 Å². The highest BCUT2D eigenvalue weighted by Crippen LogP contribution is 2.37. The van der Waals surface area contributed by atoms with Crippen LogP contribution in [-0.4, -0.2) is 16.7 Å². The third-order valence-electron chi connectivity index (χ3n) is 2.72. The van der Waals surface area contributed by atoms with Gasteiger partial charge in [0.2, 0.25) is 0 Å². The van der Waals surface area contributed by atoms with Crippen LogP contribution in [0.3, 0.4) is 0 Å². The summed E-state index contributed by atoms with van der Waals surface area (Å²) in [5.41, 5.74) is 0. The monoisotopic (exact) mass is 173 g/mol. The summed E-state index contributed by atoms with van der Waals surface area (Å²) in [4.78, 5) is 0.341. The minimum Gasteiger partial charge on any atom is -0.299 e. The summed E-state index contributed by atoms with van der Waals surface area (Å²) in [6.07, 6.45) is 1.27. The highest BCUT2D eigenvalue weighted by Gasteiger charge is 2.36. The lowest BCUT2D eigenvalue weighted by molar-refractivity contribution is 0.349. The molecule has 0 aliphatic carbocycles. The zero-order valence-corrected chi connectivity index (χ0v) is 8.79. The van der Waals surface area contributed by atoms with Crippen LogP contribution in [-0.2, 0) is 0 Å². The van der Waals surface area contributed by atoms with Gasteiger partial charge in [0.15, 0.2) is 0 Å². The molecule has 11 heavy (non-hydrogen) atoms. The van der Waals surface area contributed by atoms with Crippen LogP contribution < -0.4 is 5.32 Å². The number of thioether (sulfide) groups is 1. The Morgan fingerprint density at radius 3 is 2.73 bits per heavy atom. The second-order valence-electron chi connectivity index (χ2n) is 3.77. The Hall–Kier alpha value is 0.310. The highest BCUT2D eigenvalue weighted by atomic mass is 32.2. The van der Waals surface area contributed by atoms with Crippen LogP contribution in [0.2, 0.25) is 0 Å². The summed E-state index contributed by atoms with van der Waals surface area (Å²) < 4.78 is 0. The molecule has 1 heterocycles. The Balaban J connectivity index is 2.54. The van der Waals surface area contributed by atoms with Crippen LogP contribution in [0.4, 0.5) is 0 Å². The van der Waals surface area contributed by atoms with Gasteiger partial charge in [-0.2, -0.15) is 0 Å². The van der Waals surface area contributed by atoms with Crippen LogP contribution in [0.5, 0.6) is 0 Å². The molecule has 0 amide bonds. The van der Waals surface area contributed by atoms with Gasteiger partial charge in [-0.15, -0.1) is 11.8 Å². The van der Waals surface area contributed by atoms with E-state index in [1.54, 1.807) is 0 Å². The highest BCUT2D eigenvalue weighted by molar-refractivity contribution is 8.00. The Labute approximate surface area is 74.3 Å². The third kappa shape index (κ3) is 1.91. The standard InChI is InChI=1S/C9H19NS/c1-5-7(2)9(4)10-8(3)6-11-9/h7-8,10H,5-6H2,1-4H3. The zero-order chi connectivity index (χ0) is 8.48. The first-order valence-corrected chi connectivity index (χ1v) is 5.48. The molecule has 0 radical (unpaired) electrons. The maximum atomic E-state index is 3.64. The fourth-order valence-electron chi connectivity index (χ4n) is 1.54. The van der Waals surface area contributed by atoms with E-state index in [9.17, 15) is 0 Å². The van der Waals surface area contributed by atoms with Gasteiger partial charge < -0.3 is 0 Å². The van der Waals surface area contributed by atoms with Crippen molar-refractivity contribution in [3.8, 4) is 0 Å². The molecule has 1 nitrogen and oxygen atoms in total. The third-order valence-corrected chi connectivity index (χ3v) is 4.51.